The smallest absolute Gasteiger partial charge is 0.243 e. The first-order valence-corrected chi connectivity index (χ1v) is 4.47. The predicted octanol–water partition coefficient (Wildman–Crippen LogP) is 1.37. The van der Waals surface area contributed by atoms with Crippen molar-refractivity contribution in [2.24, 2.45) is 0 Å². The number of sulfone groups is 1. The highest BCUT2D eigenvalue weighted by Gasteiger charge is 2.46. The zero-order valence-corrected chi connectivity index (χ0v) is 6.96. The van der Waals surface area contributed by atoms with Gasteiger partial charge in [-0.2, -0.15) is 8.78 Å². The summed E-state index contributed by atoms with van der Waals surface area (Å²) in [5.41, 5.74) is 0. The van der Waals surface area contributed by atoms with Crippen molar-refractivity contribution in [3.8, 4) is 0 Å². The fourth-order valence-electron chi connectivity index (χ4n) is 0.421. The standard InChI is InChI=1S/C5H9F3O2S/c1-4(2)11(9,10)5(7,8)3-6/h4H,3H2,1-2H3. The summed E-state index contributed by atoms with van der Waals surface area (Å²) in [5, 5.41) is -5.49. The van der Waals surface area contributed by atoms with E-state index in [1.165, 1.54) is 0 Å². The lowest BCUT2D eigenvalue weighted by atomic mass is 10.6. The fourth-order valence-corrected chi connectivity index (χ4v) is 1.26. The van der Waals surface area contributed by atoms with E-state index >= 15 is 0 Å². The van der Waals surface area contributed by atoms with E-state index in [9.17, 15) is 21.6 Å². The lowest BCUT2D eigenvalue weighted by Gasteiger charge is -2.15. The topological polar surface area (TPSA) is 34.1 Å². The number of hydrogen-bond donors (Lipinski definition) is 0. The molecule has 0 radical (unpaired) electrons. The average molecular weight is 190 g/mol. The molecule has 0 spiro atoms. The Morgan fingerprint density at radius 1 is 1.36 bits per heavy atom. The van der Waals surface area contributed by atoms with Crippen LogP contribution in [0.1, 0.15) is 13.8 Å². The fraction of sp³-hybridized carbons (Fsp3) is 1.00. The molecule has 0 rings (SSSR count). The van der Waals surface area contributed by atoms with Crippen molar-refractivity contribution in [3.63, 3.8) is 0 Å². The third-order valence-electron chi connectivity index (χ3n) is 1.19. The molecule has 0 saturated carbocycles. The van der Waals surface area contributed by atoms with E-state index < -0.39 is 27.0 Å². The number of hydrogen-bond acceptors (Lipinski definition) is 2. The van der Waals surface area contributed by atoms with Crippen molar-refractivity contribution in [2.45, 2.75) is 24.4 Å². The van der Waals surface area contributed by atoms with Crippen LogP contribution in [0.2, 0.25) is 0 Å². The van der Waals surface area contributed by atoms with Gasteiger partial charge in [-0.1, -0.05) is 0 Å². The van der Waals surface area contributed by atoms with E-state index in [0.29, 0.717) is 0 Å². The summed E-state index contributed by atoms with van der Waals surface area (Å²) in [6.07, 6.45) is 0. The van der Waals surface area contributed by atoms with Crippen LogP contribution in [0.15, 0.2) is 0 Å². The maximum atomic E-state index is 12.2. The Morgan fingerprint density at radius 2 is 1.73 bits per heavy atom. The zero-order valence-electron chi connectivity index (χ0n) is 6.14. The van der Waals surface area contributed by atoms with Crippen molar-refractivity contribution in [3.05, 3.63) is 0 Å². The molecule has 0 aromatic heterocycles. The van der Waals surface area contributed by atoms with Crippen LogP contribution >= 0.6 is 0 Å². The van der Waals surface area contributed by atoms with Gasteiger partial charge in [-0.05, 0) is 13.8 Å². The first-order chi connectivity index (χ1) is 4.75. The summed E-state index contributed by atoms with van der Waals surface area (Å²) >= 11 is 0. The SMILES string of the molecule is CC(C)S(=O)(=O)C(F)(F)CF. The molecular weight excluding hydrogens is 181 g/mol. The maximum Gasteiger partial charge on any atom is 0.373 e. The van der Waals surface area contributed by atoms with Gasteiger partial charge in [0.05, 0.1) is 5.25 Å². The van der Waals surface area contributed by atoms with Crippen LogP contribution in [-0.2, 0) is 9.84 Å². The van der Waals surface area contributed by atoms with Gasteiger partial charge in [0.25, 0.3) is 0 Å². The van der Waals surface area contributed by atoms with E-state index in [1.807, 2.05) is 0 Å². The monoisotopic (exact) mass is 190 g/mol. The summed E-state index contributed by atoms with van der Waals surface area (Å²) in [6, 6.07) is 0. The molecule has 0 N–H and O–H groups in total. The molecule has 0 heterocycles. The van der Waals surface area contributed by atoms with Crippen molar-refractivity contribution in [1.82, 2.24) is 0 Å². The van der Waals surface area contributed by atoms with Crippen molar-refractivity contribution in [1.29, 1.82) is 0 Å². The van der Waals surface area contributed by atoms with E-state index in [4.69, 9.17) is 0 Å². The molecule has 0 aliphatic heterocycles. The van der Waals surface area contributed by atoms with Gasteiger partial charge in [0.2, 0.25) is 9.84 Å². The minimum absolute atomic E-state index is 1.08. The Hall–Kier alpha value is -0.260. The average Bonchev–Trinajstić information content (AvgIpc) is 1.87. The van der Waals surface area contributed by atoms with Gasteiger partial charge in [0.15, 0.2) is 6.67 Å². The van der Waals surface area contributed by atoms with Gasteiger partial charge in [0.1, 0.15) is 0 Å². The molecule has 0 fully saturated rings. The van der Waals surface area contributed by atoms with Gasteiger partial charge in [-0.15, -0.1) is 0 Å². The normalized spacial score (nSPS) is 14.0. The summed E-state index contributed by atoms with van der Waals surface area (Å²) in [7, 11) is -4.63. The Balaban J connectivity index is 4.85. The zero-order chi connectivity index (χ0) is 9.28. The molecule has 11 heavy (non-hydrogen) atoms. The van der Waals surface area contributed by atoms with Crippen LogP contribution in [0.25, 0.3) is 0 Å². The van der Waals surface area contributed by atoms with Gasteiger partial charge in [-0.3, -0.25) is 0 Å². The van der Waals surface area contributed by atoms with Gasteiger partial charge in [-0.25, -0.2) is 12.8 Å². The second-order valence-corrected chi connectivity index (χ2v) is 4.99. The highest BCUT2D eigenvalue weighted by Crippen LogP contribution is 2.25. The first kappa shape index (κ1) is 10.7. The number of alkyl halides is 3. The maximum absolute atomic E-state index is 12.2. The molecule has 0 amide bonds. The Morgan fingerprint density at radius 3 is 1.82 bits per heavy atom. The summed E-state index contributed by atoms with van der Waals surface area (Å²) in [6.45, 7) is 0.00528. The van der Waals surface area contributed by atoms with Gasteiger partial charge >= 0.3 is 5.25 Å². The molecule has 0 aliphatic carbocycles. The number of halogens is 3. The number of rotatable bonds is 3. The van der Waals surface area contributed by atoms with Crippen LogP contribution < -0.4 is 0 Å². The highest BCUT2D eigenvalue weighted by atomic mass is 32.2. The van der Waals surface area contributed by atoms with E-state index in [0.717, 1.165) is 13.8 Å². The predicted molar refractivity (Wildman–Crippen MR) is 35.0 cm³/mol. The lowest BCUT2D eigenvalue weighted by Crippen LogP contribution is -2.36. The van der Waals surface area contributed by atoms with Crippen molar-refractivity contribution in [2.75, 3.05) is 6.67 Å². The van der Waals surface area contributed by atoms with E-state index in [-0.39, 0.29) is 0 Å². The van der Waals surface area contributed by atoms with Crippen molar-refractivity contribution < 1.29 is 21.6 Å². The Kier molecular flexibility index (Phi) is 2.93. The van der Waals surface area contributed by atoms with Gasteiger partial charge in [0, 0.05) is 0 Å². The second kappa shape index (κ2) is 3.00. The summed E-state index contributed by atoms with van der Waals surface area (Å²) < 4.78 is 57.1. The van der Waals surface area contributed by atoms with Crippen molar-refractivity contribution >= 4 is 9.84 Å². The first-order valence-electron chi connectivity index (χ1n) is 2.93. The largest absolute Gasteiger partial charge is 0.373 e. The molecular formula is C5H9F3O2S. The molecule has 0 bridgehead atoms. The van der Waals surface area contributed by atoms with Crippen LogP contribution in [0.3, 0.4) is 0 Å². The summed E-state index contributed by atoms with van der Waals surface area (Å²) in [5.74, 6) is 0. The minimum Gasteiger partial charge on any atom is -0.243 e. The molecule has 0 atom stereocenters. The van der Waals surface area contributed by atoms with E-state index in [2.05, 4.69) is 0 Å². The molecule has 6 heteroatoms. The third kappa shape index (κ3) is 1.85. The quantitative estimate of drug-likeness (QED) is 0.673. The van der Waals surface area contributed by atoms with Gasteiger partial charge < -0.3 is 0 Å². The van der Waals surface area contributed by atoms with E-state index in [1.54, 1.807) is 0 Å². The Labute approximate surface area is 63.3 Å². The molecule has 0 saturated heterocycles. The molecule has 68 valence electrons. The van der Waals surface area contributed by atoms with Crippen LogP contribution in [0.5, 0.6) is 0 Å². The summed E-state index contributed by atoms with van der Waals surface area (Å²) in [4.78, 5) is 0. The molecule has 2 nitrogen and oxygen atoms in total. The van der Waals surface area contributed by atoms with Crippen LogP contribution in [-0.4, -0.2) is 25.6 Å². The minimum atomic E-state index is -4.63. The molecule has 0 aromatic rings. The Bertz CT molecular complexity index is 220. The molecule has 0 aromatic carbocycles. The lowest BCUT2D eigenvalue weighted by molar-refractivity contribution is 0.0612. The highest BCUT2D eigenvalue weighted by molar-refractivity contribution is 7.93. The molecule has 0 unspecified atom stereocenters. The van der Waals surface area contributed by atoms with Crippen LogP contribution in [0, 0.1) is 0 Å². The third-order valence-corrected chi connectivity index (χ3v) is 3.38. The van der Waals surface area contributed by atoms with Crippen LogP contribution in [0.4, 0.5) is 13.2 Å². The second-order valence-electron chi connectivity index (χ2n) is 2.36. The molecule has 0 aliphatic rings.